The minimum absolute atomic E-state index is 0.0985. The summed E-state index contributed by atoms with van der Waals surface area (Å²) in [5.74, 6) is -0.371. The molecule has 2 unspecified atom stereocenters. The summed E-state index contributed by atoms with van der Waals surface area (Å²) in [6.45, 7) is 1.97. The molecule has 2 atom stereocenters. The molecule has 0 spiro atoms. The number of halogens is 1. The quantitative estimate of drug-likeness (QED) is 0.800. The minimum atomic E-state index is -0.371. The van der Waals surface area contributed by atoms with Crippen molar-refractivity contribution in [2.24, 2.45) is 5.73 Å². The maximum Gasteiger partial charge on any atom is 0.141 e. The monoisotopic (exact) mass is 198 g/mol. The molecule has 0 aromatic carbocycles. The van der Waals surface area contributed by atoms with Crippen molar-refractivity contribution in [3.8, 4) is 0 Å². The number of methoxy groups -OCH3 is 1. The fourth-order valence-electron chi connectivity index (χ4n) is 1.39. The van der Waals surface area contributed by atoms with Gasteiger partial charge in [0.1, 0.15) is 5.82 Å². The highest BCUT2D eigenvalue weighted by Gasteiger charge is 2.17. The molecule has 0 fully saturated rings. The van der Waals surface area contributed by atoms with E-state index in [0.717, 1.165) is 12.6 Å². The Bertz CT molecular complexity index is 289. The van der Waals surface area contributed by atoms with Crippen LogP contribution in [0.4, 0.5) is 4.39 Å². The predicted molar refractivity (Wildman–Crippen MR) is 52.2 cm³/mol. The van der Waals surface area contributed by atoms with Crippen LogP contribution in [0.25, 0.3) is 0 Å². The van der Waals surface area contributed by atoms with Crippen LogP contribution in [0.3, 0.4) is 0 Å². The third-order valence-corrected chi connectivity index (χ3v) is 2.22. The molecule has 0 aliphatic heterocycles. The maximum atomic E-state index is 12.8. The fourth-order valence-corrected chi connectivity index (χ4v) is 1.39. The Labute approximate surface area is 83.1 Å². The van der Waals surface area contributed by atoms with E-state index in [4.69, 9.17) is 10.5 Å². The van der Waals surface area contributed by atoms with Crippen LogP contribution in [0, 0.1) is 5.82 Å². The predicted octanol–water partition coefficient (Wildman–Crippen LogP) is 1.65. The van der Waals surface area contributed by atoms with Crippen LogP contribution in [0.15, 0.2) is 18.5 Å². The molecule has 0 radical (unpaired) electrons. The highest BCUT2D eigenvalue weighted by Crippen LogP contribution is 2.18. The van der Waals surface area contributed by atoms with Gasteiger partial charge in [-0.25, -0.2) is 4.39 Å². The van der Waals surface area contributed by atoms with Crippen molar-refractivity contribution in [2.75, 3.05) is 7.11 Å². The topological polar surface area (TPSA) is 48.1 Å². The van der Waals surface area contributed by atoms with E-state index in [1.807, 2.05) is 6.92 Å². The van der Waals surface area contributed by atoms with Crippen LogP contribution >= 0.6 is 0 Å². The maximum absolute atomic E-state index is 12.8. The Morgan fingerprint density at radius 2 is 2.29 bits per heavy atom. The Balaban J connectivity index is 2.82. The molecule has 2 N–H and O–H groups in total. The van der Waals surface area contributed by atoms with E-state index in [1.54, 1.807) is 13.3 Å². The summed E-state index contributed by atoms with van der Waals surface area (Å²) in [6.07, 6.45) is 3.41. The summed E-state index contributed by atoms with van der Waals surface area (Å²) < 4.78 is 18.0. The van der Waals surface area contributed by atoms with E-state index in [9.17, 15) is 4.39 Å². The van der Waals surface area contributed by atoms with E-state index in [2.05, 4.69) is 4.98 Å². The SMILES string of the molecule is CCC(OC)C(N)c1cncc(F)c1. The smallest absolute Gasteiger partial charge is 0.141 e. The average Bonchev–Trinajstić information content (AvgIpc) is 2.19. The first-order valence-electron chi connectivity index (χ1n) is 4.57. The highest BCUT2D eigenvalue weighted by atomic mass is 19.1. The van der Waals surface area contributed by atoms with Crippen LogP contribution in [-0.2, 0) is 4.74 Å². The Morgan fingerprint density at radius 3 is 2.79 bits per heavy atom. The van der Waals surface area contributed by atoms with Gasteiger partial charge >= 0.3 is 0 Å². The molecule has 14 heavy (non-hydrogen) atoms. The summed E-state index contributed by atoms with van der Waals surface area (Å²) in [6, 6.07) is 1.06. The largest absolute Gasteiger partial charge is 0.379 e. The second-order valence-corrected chi connectivity index (χ2v) is 3.14. The zero-order valence-electron chi connectivity index (χ0n) is 8.40. The van der Waals surface area contributed by atoms with Crippen LogP contribution < -0.4 is 5.73 Å². The summed E-state index contributed by atoms with van der Waals surface area (Å²) in [5.41, 5.74) is 6.56. The molecule has 3 nitrogen and oxygen atoms in total. The third-order valence-electron chi connectivity index (χ3n) is 2.22. The zero-order valence-corrected chi connectivity index (χ0v) is 8.40. The highest BCUT2D eigenvalue weighted by molar-refractivity contribution is 5.15. The number of hydrogen-bond acceptors (Lipinski definition) is 3. The fraction of sp³-hybridized carbons (Fsp3) is 0.500. The van der Waals surface area contributed by atoms with Crippen LogP contribution in [0.5, 0.6) is 0 Å². The average molecular weight is 198 g/mol. The third kappa shape index (κ3) is 2.49. The van der Waals surface area contributed by atoms with Gasteiger partial charge in [-0.3, -0.25) is 4.98 Å². The van der Waals surface area contributed by atoms with Gasteiger partial charge in [0, 0.05) is 13.3 Å². The lowest BCUT2D eigenvalue weighted by Crippen LogP contribution is -2.27. The molecular weight excluding hydrogens is 183 g/mol. The van der Waals surface area contributed by atoms with E-state index >= 15 is 0 Å². The number of nitrogens with zero attached hydrogens (tertiary/aromatic N) is 1. The molecule has 0 aliphatic rings. The lowest BCUT2D eigenvalue weighted by Gasteiger charge is -2.20. The first kappa shape index (κ1) is 11.1. The van der Waals surface area contributed by atoms with Gasteiger partial charge < -0.3 is 10.5 Å². The van der Waals surface area contributed by atoms with Gasteiger partial charge in [0.15, 0.2) is 0 Å². The molecule has 0 saturated heterocycles. The normalized spacial score (nSPS) is 15.1. The molecule has 0 bridgehead atoms. The molecule has 1 aromatic heterocycles. The molecule has 1 aromatic rings. The minimum Gasteiger partial charge on any atom is -0.379 e. The molecule has 1 heterocycles. The zero-order chi connectivity index (χ0) is 10.6. The van der Waals surface area contributed by atoms with Gasteiger partial charge in [0.2, 0.25) is 0 Å². The van der Waals surface area contributed by atoms with Crippen LogP contribution in [-0.4, -0.2) is 18.2 Å². The van der Waals surface area contributed by atoms with E-state index in [0.29, 0.717) is 5.56 Å². The number of ether oxygens (including phenoxy) is 1. The summed E-state index contributed by atoms with van der Waals surface area (Å²) in [5, 5.41) is 0. The first-order valence-corrected chi connectivity index (χ1v) is 4.57. The second kappa shape index (κ2) is 5.02. The number of aromatic nitrogens is 1. The van der Waals surface area contributed by atoms with Crippen molar-refractivity contribution in [3.05, 3.63) is 29.8 Å². The second-order valence-electron chi connectivity index (χ2n) is 3.14. The van der Waals surface area contributed by atoms with Crippen molar-refractivity contribution < 1.29 is 9.13 Å². The summed E-state index contributed by atoms with van der Waals surface area (Å²) >= 11 is 0. The van der Waals surface area contributed by atoms with Crippen LogP contribution in [0.1, 0.15) is 24.9 Å². The van der Waals surface area contributed by atoms with Gasteiger partial charge in [0.05, 0.1) is 18.3 Å². The van der Waals surface area contributed by atoms with Crippen molar-refractivity contribution in [3.63, 3.8) is 0 Å². The van der Waals surface area contributed by atoms with Gasteiger partial charge in [-0.1, -0.05) is 6.92 Å². The molecule has 0 amide bonds. The van der Waals surface area contributed by atoms with Gasteiger partial charge in [-0.15, -0.1) is 0 Å². The lowest BCUT2D eigenvalue weighted by atomic mass is 10.0. The lowest BCUT2D eigenvalue weighted by molar-refractivity contribution is 0.0770. The van der Waals surface area contributed by atoms with Crippen molar-refractivity contribution in [1.29, 1.82) is 0 Å². The number of pyridine rings is 1. The molecule has 78 valence electrons. The van der Waals surface area contributed by atoms with Gasteiger partial charge in [0.25, 0.3) is 0 Å². The van der Waals surface area contributed by atoms with Crippen molar-refractivity contribution >= 4 is 0 Å². The van der Waals surface area contributed by atoms with Crippen LogP contribution in [0.2, 0.25) is 0 Å². The molecule has 1 rings (SSSR count). The standard InChI is InChI=1S/C10H15FN2O/c1-3-9(14-2)10(12)7-4-8(11)6-13-5-7/h4-6,9-10H,3,12H2,1-2H3. The first-order chi connectivity index (χ1) is 6.69. The number of nitrogens with two attached hydrogens (primary N) is 1. The molecule has 4 heteroatoms. The number of rotatable bonds is 4. The Kier molecular flexibility index (Phi) is 3.98. The summed E-state index contributed by atoms with van der Waals surface area (Å²) in [7, 11) is 1.60. The van der Waals surface area contributed by atoms with E-state index in [-0.39, 0.29) is 18.0 Å². The van der Waals surface area contributed by atoms with Crippen molar-refractivity contribution in [2.45, 2.75) is 25.5 Å². The van der Waals surface area contributed by atoms with Gasteiger partial charge in [-0.2, -0.15) is 0 Å². The van der Waals surface area contributed by atoms with E-state index in [1.165, 1.54) is 6.07 Å². The van der Waals surface area contributed by atoms with Gasteiger partial charge in [-0.05, 0) is 18.1 Å². The van der Waals surface area contributed by atoms with Crippen molar-refractivity contribution in [1.82, 2.24) is 4.98 Å². The molecule has 0 saturated carbocycles. The molecular formula is C10H15FN2O. The summed E-state index contributed by atoms with van der Waals surface area (Å²) in [4.78, 5) is 3.75. The Morgan fingerprint density at radius 1 is 1.57 bits per heavy atom. The van der Waals surface area contributed by atoms with E-state index < -0.39 is 0 Å². The Hall–Kier alpha value is -1.00. The molecule has 0 aliphatic carbocycles. The number of hydrogen-bond donors (Lipinski definition) is 1.